The molecule has 0 radical (unpaired) electrons. The van der Waals surface area contributed by atoms with E-state index >= 15 is 0 Å². The lowest BCUT2D eigenvalue weighted by molar-refractivity contribution is 0.315. The highest BCUT2D eigenvalue weighted by atomic mass is 16.5. The van der Waals surface area contributed by atoms with Crippen molar-refractivity contribution in [3.63, 3.8) is 0 Å². The van der Waals surface area contributed by atoms with Crippen LogP contribution in [0.2, 0.25) is 0 Å². The van der Waals surface area contributed by atoms with Crippen molar-refractivity contribution < 1.29 is 9.84 Å². The molecule has 0 unspecified atom stereocenters. The average molecular weight is 261 g/mol. The fraction of sp³-hybridized carbons (Fsp3) is 0.625. The quantitative estimate of drug-likeness (QED) is 0.792. The summed E-state index contributed by atoms with van der Waals surface area (Å²) in [6.45, 7) is 3.25. The molecule has 3 heteroatoms. The predicted molar refractivity (Wildman–Crippen MR) is 75.4 cm³/mol. The summed E-state index contributed by atoms with van der Waals surface area (Å²) in [4.78, 5) is 0. The van der Waals surface area contributed by atoms with Gasteiger partial charge in [-0.3, -0.25) is 0 Å². The number of phenols is 1. The van der Waals surface area contributed by atoms with Crippen molar-refractivity contribution in [2.45, 2.75) is 45.2 Å². The zero-order valence-electron chi connectivity index (χ0n) is 11.6. The molecular weight excluding hydrogens is 238 g/mol. The van der Waals surface area contributed by atoms with Crippen molar-refractivity contribution in [3.05, 3.63) is 23.8 Å². The van der Waals surface area contributed by atoms with Gasteiger partial charge in [0.1, 0.15) is 0 Å². The van der Waals surface area contributed by atoms with Gasteiger partial charge in [-0.2, -0.15) is 0 Å². The third-order valence-electron chi connectivity index (χ3n) is 4.17. The van der Waals surface area contributed by atoms with Gasteiger partial charge >= 0.3 is 0 Å². The molecule has 2 fully saturated rings. The standard InChI is InChI=1S/C16H23NO2/c1-2-19-14-5-3-4-13(16(14)18)10-17-15(11-6-7-11)12-8-9-12/h3-5,11-12,15,17-18H,2,6-10H2,1H3. The largest absolute Gasteiger partial charge is 0.504 e. The van der Waals surface area contributed by atoms with Crippen LogP contribution in [0, 0.1) is 11.8 Å². The Hall–Kier alpha value is -1.22. The van der Waals surface area contributed by atoms with Gasteiger partial charge in [-0.15, -0.1) is 0 Å². The van der Waals surface area contributed by atoms with E-state index in [4.69, 9.17) is 4.74 Å². The van der Waals surface area contributed by atoms with E-state index in [2.05, 4.69) is 5.32 Å². The first-order chi connectivity index (χ1) is 9.29. The number of phenolic OH excluding ortho intramolecular Hbond substituents is 1. The van der Waals surface area contributed by atoms with E-state index in [0.717, 1.165) is 23.9 Å². The fourth-order valence-electron chi connectivity index (χ4n) is 2.84. The summed E-state index contributed by atoms with van der Waals surface area (Å²) in [5.74, 6) is 2.65. The highest BCUT2D eigenvalue weighted by molar-refractivity contribution is 5.45. The van der Waals surface area contributed by atoms with Crippen LogP contribution in [-0.2, 0) is 6.54 Å². The Morgan fingerprint density at radius 1 is 1.26 bits per heavy atom. The third-order valence-corrected chi connectivity index (χ3v) is 4.17. The molecule has 3 rings (SSSR count). The summed E-state index contributed by atoms with van der Waals surface area (Å²) in [5, 5.41) is 13.8. The number of nitrogens with one attached hydrogen (secondary N) is 1. The van der Waals surface area contributed by atoms with Crippen molar-refractivity contribution in [1.29, 1.82) is 0 Å². The highest BCUT2D eigenvalue weighted by Crippen LogP contribution is 2.44. The Morgan fingerprint density at radius 2 is 1.95 bits per heavy atom. The number of hydrogen-bond acceptors (Lipinski definition) is 3. The zero-order valence-corrected chi connectivity index (χ0v) is 11.6. The molecule has 1 aromatic carbocycles. The van der Waals surface area contributed by atoms with Crippen LogP contribution in [-0.4, -0.2) is 17.8 Å². The highest BCUT2D eigenvalue weighted by Gasteiger charge is 2.41. The van der Waals surface area contributed by atoms with Crippen LogP contribution < -0.4 is 10.1 Å². The van der Waals surface area contributed by atoms with Crippen LogP contribution >= 0.6 is 0 Å². The lowest BCUT2D eigenvalue weighted by Crippen LogP contribution is -2.32. The van der Waals surface area contributed by atoms with Crippen LogP contribution in [0.1, 0.15) is 38.2 Å². The van der Waals surface area contributed by atoms with Gasteiger partial charge in [-0.1, -0.05) is 12.1 Å². The van der Waals surface area contributed by atoms with Gasteiger partial charge in [0.15, 0.2) is 11.5 Å². The molecule has 1 aromatic rings. The molecule has 104 valence electrons. The van der Waals surface area contributed by atoms with E-state index in [-0.39, 0.29) is 0 Å². The summed E-state index contributed by atoms with van der Waals surface area (Å²) in [6, 6.07) is 6.41. The predicted octanol–water partition coefficient (Wildman–Crippen LogP) is 3.07. The molecule has 2 saturated carbocycles. The minimum atomic E-state index is 0.294. The summed E-state index contributed by atoms with van der Waals surface area (Å²) in [6.07, 6.45) is 5.50. The molecule has 0 amide bonds. The Balaban J connectivity index is 1.63. The topological polar surface area (TPSA) is 41.5 Å². The maximum absolute atomic E-state index is 10.2. The summed E-state index contributed by atoms with van der Waals surface area (Å²) in [5.41, 5.74) is 0.942. The Labute approximate surface area is 115 Å². The summed E-state index contributed by atoms with van der Waals surface area (Å²) in [7, 11) is 0. The first-order valence-electron chi connectivity index (χ1n) is 7.46. The number of aromatic hydroxyl groups is 1. The van der Waals surface area contributed by atoms with E-state index in [1.165, 1.54) is 25.7 Å². The van der Waals surface area contributed by atoms with Crippen LogP contribution in [0.25, 0.3) is 0 Å². The number of para-hydroxylation sites is 1. The molecule has 0 atom stereocenters. The molecule has 0 saturated heterocycles. The van der Waals surface area contributed by atoms with E-state index in [9.17, 15) is 5.11 Å². The van der Waals surface area contributed by atoms with Crippen LogP contribution in [0.5, 0.6) is 11.5 Å². The zero-order chi connectivity index (χ0) is 13.2. The van der Waals surface area contributed by atoms with Crippen molar-refractivity contribution >= 4 is 0 Å². The van der Waals surface area contributed by atoms with E-state index < -0.39 is 0 Å². The van der Waals surface area contributed by atoms with Crippen molar-refractivity contribution in [3.8, 4) is 11.5 Å². The molecule has 19 heavy (non-hydrogen) atoms. The number of hydrogen-bond donors (Lipinski definition) is 2. The second-order valence-electron chi connectivity index (χ2n) is 5.78. The summed E-state index contributed by atoms with van der Waals surface area (Å²) >= 11 is 0. The molecule has 2 aliphatic rings. The Morgan fingerprint density at radius 3 is 2.53 bits per heavy atom. The van der Waals surface area contributed by atoms with Crippen LogP contribution in [0.4, 0.5) is 0 Å². The van der Waals surface area contributed by atoms with Crippen LogP contribution in [0.15, 0.2) is 18.2 Å². The second-order valence-corrected chi connectivity index (χ2v) is 5.78. The van der Waals surface area contributed by atoms with E-state index in [1.807, 2.05) is 25.1 Å². The lowest BCUT2D eigenvalue weighted by Gasteiger charge is -2.18. The number of rotatable bonds is 7. The summed E-state index contributed by atoms with van der Waals surface area (Å²) < 4.78 is 5.43. The molecule has 0 aromatic heterocycles. The molecule has 0 aliphatic heterocycles. The van der Waals surface area contributed by atoms with Crippen molar-refractivity contribution in [1.82, 2.24) is 5.32 Å². The molecule has 2 N–H and O–H groups in total. The average Bonchev–Trinajstić information content (AvgIpc) is 3.27. The van der Waals surface area contributed by atoms with Crippen LogP contribution in [0.3, 0.4) is 0 Å². The van der Waals surface area contributed by atoms with E-state index in [1.54, 1.807) is 0 Å². The van der Waals surface area contributed by atoms with Crippen molar-refractivity contribution in [2.75, 3.05) is 6.61 Å². The van der Waals surface area contributed by atoms with Gasteiger partial charge in [0.25, 0.3) is 0 Å². The Bertz CT molecular complexity index is 426. The third kappa shape index (κ3) is 3.03. The van der Waals surface area contributed by atoms with Gasteiger partial charge in [-0.25, -0.2) is 0 Å². The van der Waals surface area contributed by atoms with Crippen molar-refractivity contribution in [2.24, 2.45) is 11.8 Å². The first-order valence-corrected chi connectivity index (χ1v) is 7.46. The normalized spacial score (nSPS) is 18.8. The molecule has 3 nitrogen and oxygen atoms in total. The maximum atomic E-state index is 10.2. The smallest absolute Gasteiger partial charge is 0.162 e. The fourth-order valence-corrected chi connectivity index (χ4v) is 2.84. The maximum Gasteiger partial charge on any atom is 0.162 e. The van der Waals surface area contributed by atoms with Gasteiger partial charge in [0.2, 0.25) is 0 Å². The molecular formula is C16H23NO2. The first kappa shape index (κ1) is 12.8. The van der Waals surface area contributed by atoms with Gasteiger partial charge in [0, 0.05) is 18.2 Å². The monoisotopic (exact) mass is 261 g/mol. The van der Waals surface area contributed by atoms with Gasteiger partial charge in [-0.05, 0) is 50.5 Å². The molecule has 2 aliphatic carbocycles. The SMILES string of the molecule is CCOc1cccc(CNC(C2CC2)C2CC2)c1O. The number of ether oxygens (including phenoxy) is 1. The molecule has 0 bridgehead atoms. The minimum absolute atomic E-state index is 0.294. The molecule has 0 spiro atoms. The van der Waals surface area contributed by atoms with E-state index in [0.29, 0.717) is 24.1 Å². The molecule has 0 heterocycles. The van der Waals surface area contributed by atoms with Gasteiger partial charge in [0.05, 0.1) is 6.61 Å². The number of benzene rings is 1. The lowest BCUT2D eigenvalue weighted by atomic mass is 10.1. The second kappa shape index (κ2) is 5.41. The van der Waals surface area contributed by atoms with Gasteiger partial charge < -0.3 is 15.2 Å². The Kier molecular flexibility index (Phi) is 3.65. The minimum Gasteiger partial charge on any atom is -0.504 e.